The molecule has 158 valence electrons. The first-order valence-corrected chi connectivity index (χ1v) is 10.0. The third-order valence-corrected chi connectivity index (χ3v) is 5.36. The van der Waals surface area contributed by atoms with E-state index in [0.717, 1.165) is 17.2 Å². The second-order valence-electron chi connectivity index (χ2n) is 7.31. The van der Waals surface area contributed by atoms with Gasteiger partial charge in [0.1, 0.15) is 12.4 Å². The van der Waals surface area contributed by atoms with E-state index in [1.165, 1.54) is 23.3 Å². The molecule has 1 aliphatic carbocycles. The Morgan fingerprint density at radius 1 is 1.00 bits per heavy atom. The molecule has 0 saturated carbocycles. The number of rotatable bonds is 6. The molecule has 0 unspecified atom stereocenters. The molecule has 0 spiro atoms. The summed E-state index contributed by atoms with van der Waals surface area (Å²) in [5, 5.41) is 2.66. The van der Waals surface area contributed by atoms with Gasteiger partial charge >= 0.3 is 6.09 Å². The van der Waals surface area contributed by atoms with Crippen molar-refractivity contribution < 1.29 is 18.3 Å². The zero-order valence-electron chi connectivity index (χ0n) is 16.8. The molecular weight excluding hydrogens is 398 g/mol. The third kappa shape index (κ3) is 4.28. The standard InChI is InChI=1S/C25H22F2N2O2/c26-22-12-13-23(28)24(27)20(22)11-5-6-14-29-25(30)31-15-21-18-9-3-1-7-16(18)17-8-2-4-10-19(17)21/h1-5,7-13,21H,6,14-15,28H2,(H,29,30). The third-order valence-electron chi connectivity index (χ3n) is 5.36. The Bertz CT molecular complexity index is 1100. The molecule has 0 fully saturated rings. The highest BCUT2D eigenvalue weighted by Gasteiger charge is 2.28. The molecule has 4 rings (SSSR count). The lowest BCUT2D eigenvalue weighted by molar-refractivity contribution is 0.143. The Balaban J connectivity index is 1.29. The Labute approximate surface area is 179 Å². The van der Waals surface area contributed by atoms with Crippen LogP contribution in [0.3, 0.4) is 0 Å². The average Bonchev–Trinajstić information content (AvgIpc) is 3.10. The largest absolute Gasteiger partial charge is 0.449 e. The first-order chi connectivity index (χ1) is 15.1. The van der Waals surface area contributed by atoms with Crippen LogP contribution in [0.25, 0.3) is 17.2 Å². The summed E-state index contributed by atoms with van der Waals surface area (Å²) in [6, 6.07) is 18.5. The molecule has 0 radical (unpaired) electrons. The number of ether oxygens (including phenoxy) is 1. The minimum absolute atomic E-state index is 0.00691. The van der Waals surface area contributed by atoms with Crippen LogP contribution in [-0.2, 0) is 4.74 Å². The summed E-state index contributed by atoms with van der Waals surface area (Å²) in [7, 11) is 0. The van der Waals surface area contributed by atoms with Gasteiger partial charge in [0.2, 0.25) is 0 Å². The van der Waals surface area contributed by atoms with Gasteiger partial charge in [-0.3, -0.25) is 0 Å². The number of hydrogen-bond donors (Lipinski definition) is 2. The summed E-state index contributed by atoms with van der Waals surface area (Å²) in [5.74, 6) is -1.49. The van der Waals surface area contributed by atoms with Crippen molar-refractivity contribution in [2.75, 3.05) is 18.9 Å². The number of hydrogen-bond acceptors (Lipinski definition) is 3. The lowest BCUT2D eigenvalue weighted by Crippen LogP contribution is -2.26. The predicted octanol–water partition coefficient (Wildman–Crippen LogP) is 5.49. The fourth-order valence-corrected chi connectivity index (χ4v) is 3.85. The molecule has 3 N–H and O–H groups in total. The lowest BCUT2D eigenvalue weighted by Gasteiger charge is -2.14. The maximum atomic E-state index is 13.9. The maximum absolute atomic E-state index is 13.9. The van der Waals surface area contributed by atoms with Crippen molar-refractivity contribution in [2.24, 2.45) is 0 Å². The molecule has 0 atom stereocenters. The van der Waals surface area contributed by atoms with Crippen molar-refractivity contribution in [3.05, 3.63) is 95.1 Å². The molecule has 31 heavy (non-hydrogen) atoms. The number of amides is 1. The van der Waals surface area contributed by atoms with E-state index in [1.807, 2.05) is 24.3 Å². The Morgan fingerprint density at radius 3 is 2.32 bits per heavy atom. The fraction of sp³-hybridized carbons (Fsp3) is 0.160. The minimum Gasteiger partial charge on any atom is -0.449 e. The van der Waals surface area contributed by atoms with Crippen molar-refractivity contribution in [3.8, 4) is 11.1 Å². The molecule has 3 aromatic carbocycles. The van der Waals surface area contributed by atoms with Crippen LogP contribution in [-0.4, -0.2) is 19.2 Å². The number of nitrogen functional groups attached to an aromatic ring is 1. The number of fused-ring (bicyclic) bond motifs is 3. The van der Waals surface area contributed by atoms with Gasteiger partial charge in [-0.2, -0.15) is 0 Å². The smallest absolute Gasteiger partial charge is 0.407 e. The van der Waals surface area contributed by atoms with E-state index in [4.69, 9.17) is 10.5 Å². The quantitative estimate of drug-likeness (QED) is 0.409. The number of alkyl carbamates (subject to hydrolysis) is 1. The SMILES string of the molecule is Nc1ccc(F)c(C=CCCNC(=O)OCC2c3ccccc3-c3ccccc32)c1F. The van der Waals surface area contributed by atoms with Crippen molar-refractivity contribution in [2.45, 2.75) is 12.3 Å². The fourth-order valence-electron chi connectivity index (χ4n) is 3.85. The van der Waals surface area contributed by atoms with Crippen LogP contribution in [0.4, 0.5) is 19.3 Å². The van der Waals surface area contributed by atoms with E-state index in [2.05, 4.69) is 29.6 Å². The van der Waals surface area contributed by atoms with Crippen LogP contribution in [0.5, 0.6) is 0 Å². The minimum atomic E-state index is -0.791. The number of carbonyl (C=O) groups excluding carboxylic acids is 1. The first-order valence-electron chi connectivity index (χ1n) is 10.0. The Morgan fingerprint density at radius 2 is 1.65 bits per heavy atom. The summed E-state index contributed by atoms with van der Waals surface area (Å²) in [5.41, 5.74) is 9.77. The van der Waals surface area contributed by atoms with Gasteiger partial charge in [0.15, 0.2) is 5.82 Å². The molecular formula is C25H22F2N2O2. The van der Waals surface area contributed by atoms with Gasteiger partial charge in [-0.1, -0.05) is 60.7 Å². The van der Waals surface area contributed by atoms with Crippen LogP contribution < -0.4 is 11.1 Å². The Kier molecular flexibility index (Phi) is 5.98. The summed E-state index contributed by atoms with van der Waals surface area (Å²) in [6.07, 6.45) is 2.75. The second-order valence-corrected chi connectivity index (χ2v) is 7.31. The molecule has 1 amide bonds. The molecule has 4 nitrogen and oxygen atoms in total. The summed E-state index contributed by atoms with van der Waals surface area (Å²) >= 11 is 0. The number of carbonyl (C=O) groups is 1. The highest BCUT2D eigenvalue weighted by molar-refractivity contribution is 5.79. The molecule has 0 bridgehead atoms. The zero-order chi connectivity index (χ0) is 21.8. The molecule has 0 aliphatic heterocycles. The number of halogens is 2. The summed E-state index contributed by atoms with van der Waals surface area (Å²) in [4.78, 5) is 12.1. The highest BCUT2D eigenvalue weighted by atomic mass is 19.1. The summed E-state index contributed by atoms with van der Waals surface area (Å²) < 4.78 is 33.0. The predicted molar refractivity (Wildman–Crippen MR) is 117 cm³/mol. The van der Waals surface area contributed by atoms with E-state index in [1.54, 1.807) is 6.08 Å². The zero-order valence-corrected chi connectivity index (χ0v) is 16.8. The van der Waals surface area contributed by atoms with Gasteiger partial charge < -0.3 is 15.8 Å². The molecule has 1 aliphatic rings. The highest BCUT2D eigenvalue weighted by Crippen LogP contribution is 2.44. The number of nitrogens with two attached hydrogens (primary N) is 1. The van der Waals surface area contributed by atoms with Crippen LogP contribution >= 0.6 is 0 Å². The van der Waals surface area contributed by atoms with Gasteiger partial charge in [-0.25, -0.2) is 13.6 Å². The van der Waals surface area contributed by atoms with Gasteiger partial charge in [-0.15, -0.1) is 0 Å². The van der Waals surface area contributed by atoms with E-state index < -0.39 is 17.7 Å². The van der Waals surface area contributed by atoms with E-state index in [-0.39, 0.29) is 30.3 Å². The normalized spacial score (nSPS) is 12.6. The van der Waals surface area contributed by atoms with Crippen molar-refractivity contribution >= 4 is 17.9 Å². The van der Waals surface area contributed by atoms with Crippen molar-refractivity contribution in [1.29, 1.82) is 0 Å². The van der Waals surface area contributed by atoms with E-state index >= 15 is 0 Å². The number of benzene rings is 3. The molecule has 0 heterocycles. The average molecular weight is 420 g/mol. The van der Waals surface area contributed by atoms with Crippen molar-refractivity contribution in [1.82, 2.24) is 5.32 Å². The summed E-state index contributed by atoms with van der Waals surface area (Å²) in [6.45, 7) is 0.508. The van der Waals surface area contributed by atoms with Gasteiger partial charge in [-0.05, 0) is 40.8 Å². The van der Waals surface area contributed by atoms with Gasteiger partial charge in [0, 0.05) is 18.0 Å². The molecule has 0 saturated heterocycles. The molecule has 0 aromatic heterocycles. The topological polar surface area (TPSA) is 64.3 Å². The van der Waals surface area contributed by atoms with Crippen LogP contribution in [0.1, 0.15) is 29.0 Å². The van der Waals surface area contributed by atoms with Gasteiger partial charge in [0.25, 0.3) is 0 Å². The monoisotopic (exact) mass is 420 g/mol. The Hall–Kier alpha value is -3.67. The van der Waals surface area contributed by atoms with E-state index in [0.29, 0.717) is 6.42 Å². The first kappa shape index (κ1) is 20.6. The van der Waals surface area contributed by atoms with Crippen LogP contribution in [0.2, 0.25) is 0 Å². The van der Waals surface area contributed by atoms with Gasteiger partial charge in [0.05, 0.1) is 5.69 Å². The molecule has 3 aromatic rings. The number of nitrogens with one attached hydrogen (secondary N) is 1. The molecule has 6 heteroatoms. The van der Waals surface area contributed by atoms with Crippen LogP contribution in [0.15, 0.2) is 66.7 Å². The van der Waals surface area contributed by atoms with Crippen LogP contribution in [0, 0.1) is 11.6 Å². The maximum Gasteiger partial charge on any atom is 0.407 e. The lowest BCUT2D eigenvalue weighted by atomic mass is 9.98. The second kappa shape index (κ2) is 9.00. The number of anilines is 1. The van der Waals surface area contributed by atoms with Crippen molar-refractivity contribution in [3.63, 3.8) is 0 Å². The van der Waals surface area contributed by atoms with E-state index in [9.17, 15) is 13.6 Å².